The molecule has 0 aliphatic carbocycles. The number of aliphatic imine (C=N–C) groups is 1. The van der Waals surface area contributed by atoms with E-state index in [4.69, 9.17) is 9.47 Å². The number of carbonyl (C=O) groups is 1. The van der Waals surface area contributed by atoms with E-state index in [0.29, 0.717) is 36.1 Å². The van der Waals surface area contributed by atoms with Gasteiger partial charge in [-0.1, -0.05) is 18.2 Å². The number of hydrogen-bond donors (Lipinski definition) is 0. The van der Waals surface area contributed by atoms with Crippen molar-refractivity contribution in [3.63, 3.8) is 0 Å². The molecule has 0 N–H and O–H groups in total. The smallest absolute Gasteiger partial charge is 0.278 e. The number of methoxy groups -OCH3 is 1. The zero-order valence-corrected chi connectivity index (χ0v) is 18.6. The molecule has 1 amide bonds. The van der Waals surface area contributed by atoms with Crippen LogP contribution in [0.15, 0.2) is 65.7 Å². The molecule has 5 rings (SSSR count). The van der Waals surface area contributed by atoms with Crippen molar-refractivity contribution in [3.05, 3.63) is 83.4 Å². The van der Waals surface area contributed by atoms with E-state index < -0.39 is 5.54 Å². The van der Waals surface area contributed by atoms with Crippen molar-refractivity contribution >= 4 is 17.8 Å². The van der Waals surface area contributed by atoms with Crippen molar-refractivity contribution in [2.75, 3.05) is 20.3 Å². The van der Waals surface area contributed by atoms with Crippen molar-refractivity contribution in [3.8, 4) is 11.4 Å². The zero-order chi connectivity index (χ0) is 23.2. The van der Waals surface area contributed by atoms with Crippen LogP contribution in [-0.2, 0) is 15.1 Å². The van der Waals surface area contributed by atoms with Gasteiger partial charge in [0.1, 0.15) is 23.7 Å². The molecule has 1 aromatic heterocycles. The summed E-state index contributed by atoms with van der Waals surface area (Å²) in [5, 5.41) is 0. The monoisotopic (exact) mass is 446 g/mol. The largest absolute Gasteiger partial charge is 0.495 e. The Morgan fingerprint density at radius 2 is 2.00 bits per heavy atom. The summed E-state index contributed by atoms with van der Waals surface area (Å²) in [4.78, 5) is 23.5. The van der Waals surface area contributed by atoms with Gasteiger partial charge in [-0.05, 0) is 55.3 Å². The number of aryl methyl sites for hydroxylation is 1. The number of aromatic nitrogens is 2. The molecule has 3 heterocycles. The number of amides is 1. The maximum absolute atomic E-state index is 13.5. The minimum absolute atomic E-state index is 0.302. The highest BCUT2D eigenvalue weighted by molar-refractivity contribution is 6.14. The zero-order valence-electron chi connectivity index (χ0n) is 18.6. The molecule has 8 heteroatoms. The number of nitrogens with zero attached hydrogens (tertiary/aromatic N) is 4. The van der Waals surface area contributed by atoms with Gasteiger partial charge in [0.05, 0.1) is 31.4 Å². The number of fused-ring (bicyclic) bond motifs is 1. The predicted molar refractivity (Wildman–Crippen MR) is 122 cm³/mol. The molecule has 7 nitrogen and oxygen atoms in total. The lowest BCUT2D eigenvalue weighted by molar-refractivity contribution is -0.125. The first kappa shape index (κ1) is 20.9. The average molecular weight is 446 g/mol. The van der Waals surface area contributed by atoms with Crippen LogP contribution in [0.4, 0.5) is 4.39 Å². The lowest BCUT2D eigenvalue weighted by atomic mass is 9.90. The molecule has 2 aliphatic heterocycles. The third-order valence-electron chi connectivity index (χ3n) is 6.11. The molecular formula is C25H23FN4O3. The first-order valence-corrected chi connectivity index (χ1v) is 10.6. The summed E-state index contributed by atoms with van der Waals surface area (Å²) in [6, 6.07) is 11.8. The van der Waals surface area contributed by atoms with Gasteiger partial charge in [-0.3, -0.25) is 4.79 Å². The minimum atomic E-state index is -1.01. The topological polar surface area (TPSA) is 69.0 Å². The van der Waals surface area contributed by atoms with E-state index in [9.17, 15) is 9.18 Å². The van der Waals surface area contributed by atoms with Crippen molar-refractivity contribution in [2.24, 2.45) is 4.99 Å². The summed E-state index contributed by atoms with van der Waals surface area (Å²) >= 11 is 0. The number of benzene rings is 2. The molecule has 0 bridgehead atoms. The van der Waals surface area contributed by atoms with E-state index in [-0.39, 0.29) is 11.7 Å². The number of imidazole rings is 1. The van der Waals surface area contributed by atoms with Crippen molar-refractivity contribution in [1.29, 1.82) is 0 Å². The summed E-state index contributed by atoms with van der Waals surface area (Å²) in [5.74, 6) is 1.01. The maximum Gasteiger partial charge on any atom is 0.278 e. The Hall–Kier alpha value is -3.94. The second kappa shape index (κ2) is 7.88. The number of morpholine rings is 1. The fourth-order valence-corrected chi connectivity index (χ4v) is 4.28. The highest BCUT2D eigenvalue weighted by Gasteiger charge is 2.50. The van der Waals surface area contributed by atoms with Gasteiger partial charge in [-0.15, -0.1) is 0 Å². The molecule has 2 aliphatic rings. The van der Waals surface area contributed by atoms with Crippen LogP contribution in [0.25, 0.3) is 11.8 Å². The van der Waals surface area contributed by atoms with E-state index in [2.05, 4.69) is 9.98 Å². The Morgan fingerprint density at radius 3 is 2.70 bits per heavy atom. The van der Waals surface area contributed by atoms with Gasteiger partial charge in [-0.2, -0.15) is 4.99 Å². The molecule has 168 valence electrons. The first-order chi connectivity index (χ1) is 15.9. The summed E-state index contributed by atoms with van der Waals surface area (Å²) in [6.45, 7) is 4.64. The first-order valence-electron chi connectivity index (χ1n) is 10.6. The van der Waals surface area contributed by atoms with E-state index in [0.717, 1.165) is 16.9 Å². The van der Waals surface area contributed by atoms with Crippen LogP contribution in [0.5, 0.6) is 5.75 Å². The fourth-order valence-electron chi connectivity index (χ4n) is 4.28. The molecule has 3 aromatic rings. The molecule has 1 saturated heterocycles. The maximum atomic E-state index is 13.5. The molecule has 33 heavy (non-hydrogen) atoms. The number of carbonyl (C=O) groups excluding carboxylic acids is 1. The van der Waals surface area contributed by atoms with Crippen molar-refractivity contribution < 1.29 is 18.7 Å². The van der Waals surface area contributed by atoms with Crippen LogP contribution >= 0.6 is 0 Å². The van der Waals surface area contributed by atoms with Crippen LogP contribution < -0.4 is 4.74 Å². The third kappa shape index (κ3) is 3.47. The van der Waals surface area contributed by atoms with Crippen LogP contribution in [-0.4, -0.2) is 46.5 Å². The van der Waals surface area contributed by atoms with Gasteiger partial charge < -0.3 is 18.9 Å². The molecule has 0 radical (unpaired) electrons. The Morgan fingerprint density at radius 1 is 1.21 bits per heavy atom. The van der Waals surface area contributed by atoms with Gasteiger partial charge in [-0.25, -0.2) is 9.37 Å². The van der Waals surface area contributed by atoms with Crippen LogP contribution in [0.1, 0.15) is 23.7 Å². The number of ether oxygens (including phenoxy) is 2. The molecular weight excluding hydrogens is 423 g/mol. The van der Waals surface area contributed by atoms with Gasteiger partial charge in [0, 0.05) is 6.20 Å². The Kier molecular flexibility index (Phi) is 5.00. The minimum Gasteiger partial charge on any atom is -0.495 e. The normalized spacial score (nSPS) is 21.1. The number of hydrogen-bond acceptors (Lipinski definition) is 5. The molecule has 1 unspecified atom stereocenters. The van der Waals surface area contributed by atoms with Gasteiger partial charge in [0.15, 0.2) is 11.6 Å². The molecule has 0 saturated carbocycles. The Balaban J connectivity index is 1.49. The summed E-state index contributed by atoms with van der Waals surface area (Å²) in [6.07, 6.45) is 5.51. The summed E-state index contributed by atoms with van der Waals surface area (Å²) < 4.78 is 26.9. The molecule has 0 spiro atoms. The second-order valence-corrected chi connectivity index (χ2v) is 8.18. The number of amidine groups is 1. The molecule has 1 atom stereocenters. The van der Waals surface area contributed by atoms with E-state index in [1.54, 1.807) is 25.6 Å². The Bertz CT molecular complexity index is 1300. The molecule has 2 aromatic carbocycles. The number of rotatable bonds is 4. The highest BCUT2D eigenvalue weighted by atomic mass is 19.1. The predicted octanol–water partition coefficient (Wildman–Crippen LogP) is 3.86. The summed E-state index contributed by atoms with van der Waals surface area (Å²) in [5.41, 5.74) is 2.30. The van der Waals surface area contributed by atoms with E-state index >= 15 is 0 Å². The van der Waals surface area contributed by atoms with Gasteiger partial charge in [0.25, 0.3) is 5.91 Å². The van der Waals surface area contributed by atoms with Gasteiger partial charge in [0.2, 0.25) is 0 Å². The third-order valence-corrected chi connectivity index (χ3v) is 6.11. The standard InChI is InChI=1S/C25H23FN4O3/c1-16-14-29(15-27-16)20-9-4-17(12-21(20)32-3)13-22-23-28-24(31)25(2,30(23)10-11-33-22)18-5-7-19(26)8-6-18/h4-9,12-15H,10-11H2,1-3H3/b22-13-. The quantitative estimate of drug-likeness (QED) is 0.609. The second-order valence-electron chi connectivity index (χ2n) is 8.18. The van der Waals surface area contributed by atoms with Crippen LogP contribution in [0.2, 0.25) is 0 Å². The molecule has 1 fully saturated rings. The highest BCUT2D eigenvalue weighted by Crippen LogP contribution is 2.38. The number of halogens is 1. The average Bonchev–Trinajstić information content (AvgIpc) is 3.36. The lowest BCUT2D eigenvalue weighted by Crippen LogP contribution is -2.50. The van der Waals surface area contributed by atoms with Gasteiger partial charge >= 0.3 is 0 Å². The van der Waals surface area contributed by atoms with E-state index in [1.165, 1.54) is 12.1 Å². The van der Waals surface area contributed by atoms with E-state index in [1.807, 2.05) is 53.8 Å². The SMILES string of the molecule is COc1cc(/C=C2\OCCN3C2=NC(=O)C3(C)c2ccc(F)cc2)ccc1-n1cnc(C)c1. The Labute approximate surface area is 190 Å². The fraction of sp³-hybridized carbons (Fsp3) is 0.240. The van der Waals surface area contributed by atoms with Crippen LogP contribution in [0.3, 0.4) is 0 Å². The van der Waals surface area contributed by atoms with Crippen molar-refractivity contribution in [2.45, 2.75) is 19.4 Å². The lowest BCUT2D eigenvalue weighted by Gasteiger charge is -2.38. The van der Waals surface area contributed by atoms with Crippen molar-refractivity contribution in [1.82, 2.24) is 14.5 Å². The summed E-state index contributed by atoms with van der Waals surface area (Å²) in [7, 11) is 1.62. The van der Waals surface area contributed by atoms with Crippen LogP contribution in [0, 0.1) is 12.7 Å².